The number of aryl methyl sites for hydroxylation is 1. The predicted octanol–water partition coefficient (Wildman–Crippen LogP) is 4.04. The number of aromatic nitrogens is 1. The lowest BCUT2D eigenvalue weighted by molar-refractivity contribution is -0.129. The van der Waals surface area contributed by atoms with Crippen molar-refractivity contribution in [1.29, 1.82) is 0 Å². The van der Waals surface area contributed by atoms with Crippen LogP contribution >= 0.6 is 0 Å². The van der Waals surface area contributed by atoms with Gasteiger partial charge in [-0.2, -0.15) is 0 Å². The molecule has 23 heavy (non-hydrogen) atoms. The number of nitrogens with zero attached hydrogens (tertiary/aromatic N) is 2. The van der Waals surface area contributed by atoms with Gasteiger partial charge in [-0.1, -0.05) is 48.5 Å². The van der Waals surface area contributed by atoms with Crippen LogP contribution in [-0.2, 0) is 18.4 Å². The highest BCUT2D eigenvalue weighted by molar-refractivity contribution is 5.86. The molecular formula is C20H20N2O. The summed E-state index contributed by atoms with van der Waals surface area (Å²) < 4.78 is 2.16. The number of hydrogen-bond donors (Lipinski definition) is 0. The molecule has 4 rings (SSSR count). The number of likely N-dealkylation sites (tertiary alicyclic amines) is 1. The zero-order chi connectivity index (χ0) is 15.8. The maximum atomic E-state index is 12.4. The van der Waals surface area contributed by atoms with Crippen molar-refractivity contribution in [2.75, 3.05) is 0 Å². The van der Waals surface area contributed by atoms with Crippen molar-refractivity contribution in [3.05, 3.63) is 71.9 Å². The van der Waals surface area contributed by atoms with Crippen LogP contribution < -0.4 is 0 Å². The maximum Gasteiger partial charge on any atom is 0.223 e. The van der Waals surface area contributed by atoms with Gasteiger partial charge >= 0.3 is 0 Å². The van der Waals surface area contributed by atoms with Crippen LogP contribution in [0.15, 0.2) is 60.8 Å². The number of hydrogen-bond acceptors (Lipinski definition) is 1. The van der Waals surface area contributed by atoms with E-state index in [0.29, 0.717) is 13.0 Å². The Morgan fingerprint density at radius 1 is 1.04 bits per heavy atom. The van der Waals surface area contributed by atoms with E-state index in [2.05, 4.69) is 54.2 Å². The summed E-state index contributed by atoms with van der Waals surface area (Å²) in [5, 5.41) is 1.26. The second-order valence-electron chi connectivity index (χ2n) is 6.27. The summed E-state index contributed by atoms with van der Waals surface area (Å²) in [5.74, 6) is 0.256. The molecule has 116 valence electrons. The molecule has 1 fully saturated rings. The highest BCUT2D eigenvalue weighted by atomic mass is 16.2. The highest BCUT2D eigenvalue weighted by Gasteiger charge is 2.33. The van der Waals surface area contributed by atoms with Crippen molar-refractivity contribution in [3.8, 4) is 0 Å². The molecule has 1 amide bonds. The molecular weight excluding hydrogens is 284 g/mol. The van der Waals surface area contributed by atoms with Crippen molar-refractivity contribution >= 4 is 16.8 Å². The van der Waals surface area contributed by atoms with E-state index in [0.717, 1.165) is 6.42 Å². The smallest absolute Gasteiger partial charge is 0.223 e. The summed E-state index contributed by atoms with van der Waals surface area (Å²) in [6.45, 7) is 0.688. The molecule has 1 aromatic heterocycles. The van der Waals surface area contributed by atoms with E-state index in [1.54, 1.807) is 0 Å². The number of carbonyl (C=O) groups excluding carboxylic acids is 1. The lowest BCUT2D eigenvalue weighted by Crippen LogP contribution is -2.27. The van der Waals surface area contributed by atoms with Gasteiger partial charge in [0.1, 0.15) is 0 Å². The van der Waals surface area contributed by atoms with E-state index >= 15 is 0 Å². The van der Waals surface area contributed by atoms with Gasteiger partial charge in [-0.15, -0.1) is 0 Å². The van der Waals surface area contributed by atoms with Gasteiger partial charge in [-0.25, -0.2) is 0 Å². The quantitative estimate of drug-likeness (QED) is 0.717. The maximum absolute atomic E-state index is 12.4. The largest absolute Gasteiger partial charge is 0.350 e. The number of rotatable bonds is 3. The summed E-state index contributed by atoms with van der Waals surface area (Å²) in [5.41, 5.74) is 3.68. The zero-order valence-corrected chi connectivity index (χ0v) is 13.3. The van der Waals surface area contributed by atoms with Gasteiger partial charge in [0.05, 0.1) is 6.04 Å². The van der Waals surface area contributed by atoms with E-state index in [4.69, 9.17) is 0 Å². The van der Waals surface area contributed by atoms with Gasteiger partial charge in [0.2, 0.25) is 5.91 Å². The number of fused-ring (bicyclic) bond motifs is 1. The van der Waals surface area contributed by atoms with E-state index < -0.39 is 0 Å². The molecule has 0 saturated carbocycles. The summed E-state index contributed by atoms with van der Waals surface area (Å²) in [6, 6.07) is 18.9. The topological polar surface area (TPSA) is 25.2 Å². The van der Waals surface area contributed by atoms with Gasteiger partial charge in [0.25, 0.3) is 0 Å². The minimum atomic E-state index is 0.175. The van der Waals surface area contributed by atoms with Crippen LogP contribution in [0.2, 0.25) is 0 Å². The Balaban J connectivity index is 1.73. The first kappa shape index (κ1) is 14.1. The fraction of sp³-hybridized carbons (Fsp3) is 0.250. The van der Waals surface area contributed by atoms with Crippen molar-refractivity contribution in [2.24, 2.45) is 7.05 Å². The Bertz CT molecular complexity index is 850. The molecule has 1 saturated heterocycles. The van der Waals surface area contributed by atoms with Gasteiger partial charge in [0.15, 0.2) is 0 Å². The lowest BCUT2D eigenvalue weighted by Gasteiger charge is -2.25. The Hall–Kier alpha value is -2.55. The average Bonchev–Trinajstić information content (AvgIpc) is 3.10. The molecule has 3 nitrogen and oxygen atoms in total. The van der Waals surface area contributed by atoms with Crippen LogP contribution in [0.3, 0.4) is 0 Å². The molecule has 1 atom stereocenters. The van der Waals surface area contributed by atoms with E-state index in [1.165, 1.54) is 22.0 Å². The monoisotopic (exact) mass is 304 g/mol. The van der Waals surface area contributed by atoms with Gasteiger partial charge in [-0.05, 0) is 18.1 Å². The Kier molecular flexibility index (Phi) is 3.41. The highest BCUT2D eigenvalue weighted by Crippen LogP contribution is 2.38. The molecule has 0 radical (unpaired) electrons. The van der Waals surface area contributed by atoms with E-state index in [1.807, 2.05) is 23.1 Å². The number of amides is 1. The summed E-state index contributed by atoms with van der Waals surface area (Å²) >= 11 is 0. The van der Waals surface area contributed by atoms with Gasteiger partial charge < -0.3 is 9.47 Å². The number of para-hydroxylation sites is 1. The van der Waals surface area contributed by atoms with Crippen molar-refractivity contribution in [1.82, 2.24) is 9.47 Å². The summed E-state index contributed by atoms with van der Waals surface area (Å²) in [7, 11) is 2.07. The first-order valence-corrected chi connectivity index (χ1v) is 8.11. The molecule has 1 unspecified atom stereocenters. The number of carbonyl (C=O) groups is 1. The van der Waals surface area contributed by atoms with Crippen LogP contribution in [-0.4, -0.2) is 15.4 Å². The second kappa shape index (κ2) is 5.58. The van der Waals surface area contributed by atoms with Crippen LogP contribution in [0.25, 0.3) is 10.9 Å². The van der Waals surface area contributed by atoms with Crippen LogP contribution in [0.1, 0.15) is 30.0 Å². The Morgan fingerprint density at radius 2 is 1.78 bits per heavy atom. The third kappa shape index (κ3) is 2.42. The lowest BCUT2D eigenvalue weighted by atomic mass is 10.0. The van der Waals surface area contributed by atoms with Crippen LogP contribution in [0, 0.1) is 0 Å². The Labute approximate surface area is 136 Å². The molecule has 0 spiro atoms. The molecule has 0 bridgehead atoms. The molecule has 1 aliphatic heterocycles. The predicted molar refractivity (Wildman–Crippen MR) is 91.9 cm³/mol. The third-order valence-corrected chi connectivity index (χ3v) is 4.81. The first-order chi connectivity index (χ1) is 11.2. The van der Waals surface area contributed by atoms with Crippen LogP contribution in [0.5, 0.6) is 0 Å². The average molecular weight is 304 g/mol. The molecule has 3 aromatic rings. The number of benzene rings is 2. The van der Waals surface area contributed by atoms with Crippen molar-refractivity contribution < 1.29 is 4.79 Å². The van der Waals surface area contributed by atoms with Gasteiger partial charge in [0, 0.05) is 42.7 Å². The normalized spacial score (nSPS) is 18.0. The molecule has 2 heterocycles. The second-order valence-corrected chi connectivity index (χ2v) is 6.27. The zero-order valence-electron chi connectivity index (χ0n) is 13.3. The molecule has 3 heteroatoms. The van der Waals surface area contributed by atoms with E-state index in [-0.39, 0.29) is 11.9 Å². The summed E-state index contributed by atoms with van der Waals surface area (Å²) in [6.07, 6.45) is 3.73. The van der Waals surface area contributed by atoms with Crippen molar-refractivity contribution in [3.63, 3.8) is 0 Å². The fourth-order valence-electron chi connectivity index (χ4n) is 3.67. The first-order valence-electron chi connectivity index (χ1n) is 8.11. The Morgan fingerprint density at radius 3 is 2.61 bits per heavy atom. The third-order valence-electron chi connectivity index (χ3n) is 4.81. The summed E-state index contributed by atoms with van der Waals surface area (Å²) in [4.78, 5) is 14.5. The van der Waals surface area contributed by atoms with Crippen molar-refractivity contribution in [2.45, 2.75) is 25.4 Å². The molecule has 0 aliphatic carbocycles. The SMILES string of the molecule is Cn1cc(C2CCC(=O)N2Cc2ccccc2)c2ccccc21. The standard InChI is InChI=1S/C20H20N2O/c1-21-14-17(16-9-5-6-10-18(16)21)19-11-12-20(23)22(19)13-15-7-3-2-4-8-15/h2-10,14,19H,11-13H2,1H3. The molecule has 0 N–H and O–H groups in total. The van der Waals surface area contributed by atoms with E-state index in [9.17, 15) is 4.79 Å². The molecule has 2 aromatic carbocycles. The van der Waals surface area contributed by atoms with Crippen LogP contribution in [0.4, 0.5) is 0 Å². The minimum Gasteiger partial charge on any atom is -0.350 e. The molecule has 1 aliphatic rings. The van der Waals surface area contributed by atoms with Gasteiger partial charge in [-0.3, -0.25) is 4.79 Å². The fourth-order valence-corrected chi connectivity index (χ4v) is 3.67. The minimum absolute atomic E-state index is 0.175.